The minimum absolute atomic E-state index is 0.190. The van der Waals surface area contributed by atoms with E-state index < -0.39 is 0 Å². The molecule has 118 valence electrons. The Labute approximate surface area is 135 Å². The van der Waals surface area contributed by atoms with Crippen LogP contribution in [-0.2, 0) is 6.42 Å². The van der Waals surface area contributed by atoms with Crippen molar-refractivity contribution in [3.63, 3.8) is 0 Å². The Balaban J connectivity index is 1.73. The molecule has 22 heavy (non-hydrogen) atoms. The van der Waals surface area contributed by atoms with Gasteiger partial charge in [-0.3, -0.25) is 4.99 Å². The number of hydrogen-bond donors (Lipinski definition) is 2. The number of thiophene rings is 1. The van der Waals surface area contributed by atoms with Gasteiger partial charge in [-0.05, 0) is 35.6 Å². The van der Waals surface area contributed by atoms with Crippen molar-refractivity contribution in [1.29, 1.82) is 0 Å². The highest BCUT2D eigenvalue weighted by molar-refractivity contribution is 7.10. The Hall–Kier alpha value is -1.88. The summed E-state index contributed by atoms with van der Waals surface area (Å²) < 4.78 is 13.1. The number of guanidine groups is 1. The third-order valence-electron chi connectivity index (χ3n) is 3.42. The number of aliphatic imine (C=N–C) groups is 1. The van der Waals surface area contributed by atoms with Gasteiger partial charge in [-0.1, -0.05) is 25.1 Å². The van der Waals surface area contributed by atoms with Crippen molar-refractivity contribution < 1.29 is 4.39 Å². The first-order valence-corrected chi connectivity index (χ1v) is 8.29. The highest BCUT2D eigenvalue weighted by Crippen LogP contribution is 2.19. The molecule has 5 heteroatoms. The third kappa shape index (κ3) is 5.15. The normalized spacial score (nSPS) is 13.0. The molecule has 1 unspecified atom stereocenters. The molecule has 3 nitrogen and oxygen atoms in total. The Bertz CT molecular complexity index is 596. The molecule has 0 fully saturated rings. The summed E-state index contributed by atoms with van der Waals surface area (Å²) in [6.07, 6.45) is 0.763. The second kappa shape index (κ2) is 8.54. The van der Waals surface area contributed by atoms with Gasteiger partial charge in [-0.15, -0.1) is 11.3 Å². The molecule has 2 aromatic rings. The van der Waals surface area contributed by atoms with Gasteiger partial charge in [0.25, 0.3) is 0 Å². The Kier molecular flexibility index (Phi) is 6.40. The summed E-state index contributed by atoms with van der Waals surface area (Å²) in [6.45, 7) is 3.75. The van der Waals surface area contributed by atoms with Crippen LogP contribution in [0.3, 0.4) is 0 Å². The summed E-state index contributed by atoms with van der Waals surface area (Å²) in [7, 11) is 1.76. The molecule has 0 aliphatic rings. The molecule has 0 saturated carbocycles. The van der Waals surface area contributed by atoms with Gasteiger partial charge in [0.2, 0.25) is 0 Å². The van der Waals surface area contributed by atoms with Gasteiger partial charge in [0, 0.05) is 30.9 Å². The average Bonchev–Trinajstić information content (AvgIpc) is 3.05. The monoisotopic (exact) mass is 319 g/mol. The summed E-state index contributed by atoms with van der Waals surface area (Å²) in [5, 5.41) is 8.68. The first-order valence-electron chi connectivity index (χ1n) is 7.41. The SMILES string of the molecule is CN=C(NCCc1cccc(F)c1)NCC(C)c1cccs1. The van der Waals surface area contributed by atoms with Gasteiger partial charge in [-0.2, -0.15) is 0 Å². The number of hydrogen-bond acceptors (Lipinski definition) is 2. The molecular weight excluding hydrogens is 297 g/mol. The van der Waals surface area contributed by atoms with Crippen LogP contribution in [0, 0.1) is 5.82 Å². The predicted molar refractivity (Wildman–Crippen MR) is 92.2 cm³/mol. The van der Waals surface area contributed by atoms with Crippen molar-refractivity contribution in [2.45, 2.75) is 19.3 Å². The standard InChI is InChI=1S/C17H22FN3S/c1-13(16-7-4-10-22-16)12-21-17(19-2)20-9-8-14-5-3-6-15(18)11-14/h3-7,10-11,13H,8-9,12H2,1-2H3,(H2,19,20,21). The van der Waals surface area contributed by atoms with E-state index >= 15 is 0 Å². The second-order valence-electron chi connectivity index (χ2n) is 5.18. The molecule has 0 radical (unpaired) electrons. The van der Waals surface area contributed by atoms with Crippen molar-refractivity contribution >= 4 is 17.3 Å². The van der Waals surface area contributed by atoms with E-state index in [0.29, 0.717) is 5.92 Å². The van der Waals surface area contributed by atoms with E-state index in [4.69, 9.17) is 0 Å². The lowest BCUT2D eigenvalue weighted by Gasteiger charge is -2.15. The first-order chi connectivity index (χ1) is 10.7. The molecule has 2 rings (SSSR count). The van der Waals surface area contributed by atoms with Crippen LogP contribution >= 0.6 is 11.3 Å². The summed E-state index contributed by atoms with van der Waals surface area (Å²) in [6, 6.07) is 10.9. The molecule has 1 atom stereocenters. The van der Waals surface area contributed by atoms with Crippen LogP contribution in [0.2, 0.25) is 0 Å². The molecule has 0 aliphatic carbocycles. The maximum Gasteiger partial charge on any atom is 0.191 e. The Morgan fingerprint density at radius 3 is 2.82 bits per heavy atom. The van der Waals surface area contributed by atoms with Gasteiger partial charge >= 0.3 is 0 Å². The van der Waals surface area contributed by atoms with Gasteiger partial charge < -0.3 is 10.6 Å². The molecule has 1 heterocycles. The van der Waals surface area contributed by atoms with Crippen molar-refractivity contribution in [3.05, 3.63) is 58.0 Å². The van der Waals surface area contributed by atoms with Crippen LogP contribution in [0.25, 0.3) is 0 Å². The molecule has 1 aromatic carbocycles. The molecule has 0 aliphatic heterocycles. The third-order valence-corrected chi connectivity index (χ3v) is 4.53. The first kappa shape index (κ1) is 16.5. The van der Waals surface area contributed by atoms with E-state index in [1.807, 2.05) is 6.07 Å². The maximum absolute atomic E-state index is 13.1. The van der Waals surface area contributed by atoms with Gasteiger partial charge in [-0.25, -0.2) is 4.39 Å². The molecule has 0 bridgehead atoms. The van der Waals surface area contributed by atoms with Crippen molar-refractivity contribution in [1.82, 2.24) is 10.6 Å². The quantitative estimate of drug-likeness (QED) is 0.632. The number of rotatable bonds is 6. The summed E-state index contributed by atoms with van der Waals surface area (Å²) >= 11 is 1.77. The number of benzene rings is 1. The molecule has 0 saturated heterocycles. The Morgan fingerprint density at radius 1 is 1.27 bits per heavy atom. The molecule has 0 amide bonds. The van der Waals surface area contributed by atoms with Gasteiger partial charge in [0.05, 0.1) is 0 Å². The molecule has 1 aromatic heterocycles. The van der Waals surface area contributed by atoms with Crippen LogP contribution < -0.4 is 10.6 Å². The minimum Gasteiger partial charge on any atom is -0.356 e. The van der Waals surface area contributed by atoms with Crippen LogP contribution in [-0.4, -0.2) is 26.1 Å². The van der Waals surface area contributed by atoms with Crippen molar-refractivity contribution in [3.8, 4) is 0 Å². The molecule has 2 N–H and O–H groups in total. The summed E-state index contributed by atoms with van der Waals surface area (Å²) in [4.78, 5) is 5.58. The highest BCUT2D eigenvalue weighted by Gasteiger charge is 2.07. The fourth-order valence-corrected chi connectivity index (χ4v) is 2.95. The van der Waals surface area contributed by atoms with E-state index in [0.717, 1.165) is 31.0 Å². The Morgan fingerprint density at radius 2 is 2.14 bits per heavy atom. The zero-order chi connectivity index (χ0) is 15.8. The second-order valence-corrected chi connectivity index (χ2v) is 6.16. The van der Waals surface area contributed by atoms with Crippen LogP contribution in [0.15, 0.2) is 46.8 Å². The summed E-state index contributed by atoms with van der Waals surface area (Å²) in [5.74, 6) is 1.03. The zero-order valence-electron chi connectivity index (χ0n) is 13.0. The van der Waals surface area contributed by atoms with E-state index in [2.05, 4.69) is 40.1 Å². The van der Waals surface area contributed by atoms with Crippen molar-refractivity contribution in [2.24, 2.45) is 4.99 Å². The van der Waals surface area contributed by atoms with E-state index in [1.54, 1.807) is 30.5 Å². The van der Waals surface area contributed by atoms with E-state index in [1.165, 1.54) is 10.9 Å². The smallest absolute Gasteiger partial charge is 0.191 e. The van der Waals surface area contributed by atoms with Crippen LogP contribution in [0.5, 0.6) is 0 Å². The zero-order valence-corrected chi connectivity index (χ0v) is 13.8. The van der Waals surface area contributed by atoms with Crippen molar-refractivity contribution in [2.75, 3.05) is 20.1 Å². The average molecular weight is 319 g/mol. The number of nitrogens with one attached hydrogen (secondary N) is 2. The van der Waals surface area contributed by atoms with E-state index in [-0.39, 0.29) is 5.82 Å². The lowest BCUT2D eigenvalue weighted by Crippen LogP contribution is -2.39. The maximum atomic E-state index is 13.1. The molecule has 0 spiro atoms. The largest absolute Gasteiger partial charge is 0.356 e. The van der Waals surface area contributed by atoms with Crippen LogP contribution in [0.4, 0.5) is 4.39 Å². The minimum atomic E-state index is -0.190. The molecular formula is C17H22FN3S. The fraction of sp³-hybridized carbons (Fsp3) is 0.353. The number of nitrogens with zero attached hydrogens (tertiary/aromatic N) is 1. The highest BCUT2D eigenvalue weighted by atomic mass is 32.1. The number of halogens is 1. The lowest BCUT2D eigenvalue weighted by molar-refractivity contribution is 0.625. The fourth-order valence-electron chi connectivity index (χ4n) is 2.16. The summed E-state index contributed by atoms with van der Waals surface area (Å²) in [5.41, 5.74) is 0.981. The van der Waals surface area contributed by atoms with E-state index in [9.17, 15) is 4.39 Å². The van der Waals surface area contributed by atoms with Gasteiger partial charge in [0.15, 0.2) is 5.96 Å². The van der Waals surface area contributed by atoms with Gasteiger partial charge in [0.1, 0.15) is 5.82 Å². The van der Waals surface area contributed by atoms with Crippen LogP contribution in [0.1, 0.15) is 23.3 Å². The topological polar surface area (TPSA) is 36.4 Å². The predicted octanol–water partition coefficient (Wildman–Crippen LogP) is 3.40. The lowest BCUT2D eigenvalue weighted by atomic mass is 10.1.